The Kier molecular flexibility index (Phi) is 4.06. The summed E-state index contributed by atoms with van der Waals surface area (Å²) in [5, 5.41) is 7.68. The Labute approximate surface area is 131 Å². The summed E-state index contributed by atoms with van der Waals surface area (Å²) in [7, 11) is 0. The van der Waals surface area contributed by atoms with Crippen molar-refractivity contribution in [2.24, 2.45) is 0 Å². The van der Waals surface area contributed by atoms with Gasteiger partial charge in [-0.15, -0.1) is 10.2 Å². The lowest BCUT2D eigenvalue weighted by atomic mass is 10.2. The molecule has 1 saturated heterocycles. The fourth-order valence-corrected chi connectivity index (χ4v) is 2.36. The summed E-state index contributed by atoms with van der Waals surface area (Å²) in [6.45, 7) is 1.78. The minimum Gasteiger partial charge on any atom is -0.459 e. The number of rotatable bonds is 2. The van der Waals surface area contributed by atoms with Crippen LogP contribution < -0.4 is 0 Å². The van der Waals surface area contributed by atoms with Crippen LogP contribution in [0.15, 0.2) is 34.9 Å². The molecule has 3 rings (SSSR count). The van der Waals surface area contributed by atoms with E-state index >= 15 is 0 Å². The van der Waals surface area contributed by atoms with Crippen molar-refractivity contribution in [2.75, 3.05) is 26.2 Å². The monoisotopic (exact) mass is 320 g/mol. The van der Waals surface area contributed by atoms with E-state index in [-0.39, 0.29) is 22.7 Å². The van der Waals surface area contributed by atoms with E-state index in [1.807, 2.05) is 0 Å². The van der Waals surface area contributed by atoms with Crippen LogP contribution in [0.2, 0.25) is 5.15 Å². The van der Waals surface area contributed by atoms with E-state index < -0.39 is 0 Å². The van der Waals surface area contributed by atoms with Crippen molar-refractivity contribution in [3.05, 3.63) is 47.1 Å². The van der Waals surface area contributed by atoms with Crippen LogP contribution in [0.1, 0.15) is 21.0 Å². The lowest BCUT2D eigenvalue weighted by molar-refractivity contribution is 0.0514. The van der Waals surface area contributed by atoms with Gasteiger partial charge in [0.05, 0.1) is 6.26 Å². The van der Waals surface area contributed by atoms with E-state index in [2.05, 4.69) is 10.2 Å². The van der Waals surface area contributed by atoms with Crippen LogP contribution in [0.4, 0.5) is 0 Å². The first-order valence-corrected chi connectivity index (χ1v) is 7.14. The largest absolute Gasteiger partial charge is 0.459 e. The molecule has 0 aliphatic carbocycles. The first-order chi connectivity index (χ1) is 10.6. The van der Waals surface area contributed by atoms with Crippen LogP contribution in [0.5, 0.6) is 0 Å². The number of halogens is 1. The average molecular weight is 321 g/mol. The molecule has 0 radical (unpaired) electrons. The Morgan fingerprint density at radius 1 is 1.00 bits per heavy atom. The predicted molar refractivity (Wildman–Crippen MR) is 77.6 cm³/mol. The predicted octanol–water partition coefficient (Wildman–Crippen LogP) is 1.32. The number of carbonyl (C=O) groups is 2. The third-order valence-corrected chi connectivity index (χ3v) is 3.64. The molecule has 0 unspecified atom stereocenters. The highest BCUT2D eigenvalue weighted by Crippen LogP contribution is 2.12. The lowest BCUT2D eigenvalue weighted by Crippen LogP contribution is -2.50. The molecule has 0 N–H and O–H groups in total. The fourth-order valence-electron chi connectivity index (χ4n) is 2.26. The van der Waals surface area contributed by atoms with Crippen LogP contribution in [-0.4, -0.2) is 58.0 Å². The molecular weight excluding hydrogens is 308 g/mol. The number of furan rings is 1. The summed E-state index contributed by atoms with van der Waals surface area (Å²) >= 11 is 5.65. The van der Waals surface area contributed by atoms with Gasteiger partial charge in [-0.25, -0.2) is 0 Å². The van der Waals surface area contributed by atoms with Gasteiger partial charge in [-0.1, -0.05) is 11.6 Å². The summed E-state index contributed by atoms with van der Waals surface area (Å²) in [6, 6.07) is 6.37. The van der Waals surface area contributed by atoms with E-state index in [1.165, 1.54) is 18.4 Å². The maximum absolute atomic E-state index is 12.3. The Hall–Kier alpha value is -2.41. The Morgan fingerprint density at radius 3 is 2.23 bits per heavy atom. The molecule has 0 spiro atoms. The summed E-state index contributed by atoms with van der Waals surface area (Å²) < 4.78 is 5.10. The zero-order chi connectivity index (χ0) is 15.5. The fraction of sp³-hybridized carbons (Fsp3) is 0.286. The molecule has 2 aromatic heterocycles. The van der Waals surface area contributed by atoms with Crippen molar-refractivity contribution >= 4 is 23.4 Å². The topological polar surface area (TPSA) is 79.5 Å². The van der Waals surface area contributed by atoms with E-state index in [9.17, 15) is 9.59 Å². The van der Waals surface area contributed by atoms with Crippen molar-refractivity contribution < 1.29 is 14.0 Å². The van der Waals surface area contributed by atoms with Gasteiger partial charge in [-0.2, -0.15) is 0 Å². The molecule has 8 heteroatoms. The van der Waals surface area contributed by atoms with Gasteiger partial charge in [0, 0.05) is 26.2 Å². The lowest BCUT2D eigenvalue weighted by Gasteiger charge is -2.34. The molecule has 7 nitrogen and oxygen atoms in total. The standard InChI is InChI=1S/C14H13ClN4O3/c15-12-4-3-10(16-17-12)13(20)18-5-7-19(8-6-18)14(21)11-2-1-9-22-11/h1-4,9H,5-8H2. The number of amides is 2. The highest BCUT2D eigenvalue weighted by molar-refractivity contribution is 6.29. The number of hydrogen-bond donors (Lipinski definition) is 0. The first-order valence-electron chi connectivity index (χ1n) is 6.76. The van der Waals surface area contributed by atoms with Crippen LogP contribution in [0.25, 0.3) is 0 Å². The Bertz CT molecular complexity index is 664. The van der Waals surface area contributed by atoms with Crippen molar-refractivity contribution in [1.82, 2.24) is 20.0 Å². The van der Waals surface area contributed by atoms with Crippen LogP contribution in [0, 0.1) is 0 Å². The average Bonchev–Trinajstić information content (AvgIpc) is 3.09. The number of hydrogen-bond acceptors (Lipinski definition) is 5. The molecule has 22 heavy (non-hydrogen) atoms. The van der Waals surface area contributed by atoms with Gasteiger partial charge >= 0.3 is 0 Å². The van der Waals surface area contributed by atoms with Gasteiger partial charge in [0.15, 0.2) is 16.6 Å². The summed E-state index contributed by atoms with van der Waals surface area (Å²) in [4.78, 5) is 27.7. The zero-order valence-corrected chi connectivity index (χ0v) is 12.4. The van der Waals surface area contributed by atoms with Crippen LogP contribution in [-0.2, 0) is 0 Å². The maximum atomic E-state index is 12.3. The molecule has 0 bridgehead atoms. The van der Waals surface area contributed by atoms with Gasteiger partial charge in [0.2, 0.25) is 0 Å². The SMILES string of the molecule is O=C(c1ccc(Cl)nn1)N1CCN(C(=O)c2ccco2)CC1. The molecule has 0 aromatic carbocycles. The van der Waals surface area contributed by atoms with E-state index in [0.717, 1.165) is 0 Å². The second kappa shape index (κ2) is 6.15. The van der Waals surface area contributed by atoms with Gasteiger partial charge in [-0.05, 0) is 24.3 Å². The number of nitrogens with zero attached hydrogens (tertiary/aromatic N) is 4. The number of carbonyl (C=O) groups excluding carboxylic acids is 2. The molecule has 0 saturated carbocycles. The molecule has 1 fully saturated rings. The van der Waals surface area contributed by atoms with Crippen molar-refractivity contribution in [3.63, 3.8) is 0 Å². The van der Waals surface area contributed by atoms with Gasteiger partial charge in [-0.3, -0.25) is 9.59 Å². The van der Waals surface area contributed by atoms with Crippen molar-refractivity contribution in [1.29, 1.82) is 0 Å². The maximum Gasteiger partial charge on any atom is 0.289 e. The van der Waals surface area contributed by atoms with Gasteiger partial charge < -0.3 is 14.2 Å². The number of piperazine rings is 1. The molecule has 3 heterocycles. The van der Waals surface area contributed by atoms with E-state index in [4.69, 9.17) is 16.0 Å². The molecule has 0 atom stereocenters. The zero-order valence-electron chi connectivity index (χ0n) is 11.6. The third-order valence-electron chi connectivity index (χ3n) is 3.44. The Balaban J connectivity index is 1.60. The molecule has 1 aliphatic rings. The highest BCUT2D eigenvalue weighted by Gasteiger charge is 2.27. The summed E-state index contributed by atoms with van der Waals surface area (Å²) in [5.41, 5.74) is 0.246. The van der Waals surface area contributed by atoms with Crippen molar-refractivity contribution in [2.45, 2.75) is 0 Å². The second-order valence-electron chi connectivity index (χ2n) is 4.80. The molecule has 1 aliphatic heterocycles. The third kappa shape index (κ3) is 2.94. The van der Waals surface area contributed by atoms with E-state index in [1.54, 1.807) is 21.9 Å². The van der Waals surface area contributed by atoms with E-state index in [0.29, 0.717) is 31.9 Å². The summed E-state index contributed by atoms with van der Waals surface area (Å²) in [5.74, 6) is -0.0685. The first kappa shape index (κ1) is 14.5. The minimum absolute atomic E-state index is 0.164. The smallest absolute Gasteiger partial charge is 0.289 e. The molecule has 2 amide bonds. The summed E-state index contributed by atoms with van der Waals surface area (Å²) in [6.07, 6.45) is 1.46. The highest BCUT2D eigenvalue weighted by atomic mass is 35.5. The minimum atomic E-state index is -0.214. The van der Waals surface area contributed by atoms with Crippen LogP contribution in [0.3, 0.4) is 0 Å². The molecule has 114 valence electrons. The molecule has 2 aromatic rings. The van der Waals surface area contributed by atoms with Gasteiger partial charge in [0.25, 0.3) is 11.8 Å². The van der Waals surface area contributed by atoms with Crippen molar-refractivity contribution in [3.8, 4) is 0 Å². The van der Waals surface area contributed by atoms with Crippen LogP contribution >= 0.6 is 11.6 Å². The number of aromatic nitrogens is 2. The van der Waals surface area contributed by atoms with Gasteiger partial charge in [0.1, 0.15) is 0 Å². The quantitative estimate of drug-likeness (QED) is 0.833. The normalized spacial score (nSPS) is 15.0. The molecular formula is C14H13ClN4O3. The second-order valence-corrected chi connectivity index (χ2v) is 5.19. The Morgan fingerprint density at radius 2 is 1.68 bits per heavy atom.